The summed E-state index contributed by atoms with van der Waals surface area (Å²) in [5.74, 6) is 1.11. The van der Waals surface area contributed by atoms with E-state index in [1.54, 1.807) is 0 Å². The molecule has 23 heavy (non-hydrogen) atoms. The van der Waals surface area contributed by atoms with Gasteiger partial charge in [-0.05, 0) is 37.5 Å². The molecule has 0 radical (unpaired) electrons. The molecule has 0 aromatic carbocycles. The van der Waals surface area contributed by atoms with Crippen molar-refractivity contribution in [2.75, 3.05) is 19.6 Å². The zero-order valence-electron chi connectivity index (χ0n) is 13.4. The largest absolute Gasteiger partial charge is 0.459 e. The number of hydrogen-bond acceptors (Lipinski definition) is 4. The maximum atomic E-state index is 12.9. The molecule has 2 heterocycles. The molecule has 0 spiro atoms. The predicted molar refractivity (Wildman–Crippen MR) is 87.6 cm³/mol. The second kappa shape index (κ2) is 7.68. The molecule has 0 amide bonds. The fraction of sp³-hybridized carbons (Fsp3) is 0.556. The number of rotatable bonds is 7. The molecule has 1 fully saturated rings. The molecule has 2 aliphatic rings. The van der Waals surface area contributed by atoms with Crippen molar-refractivity contribution in [3.8, 4) is 6.01 Å². The first-order valence-corrected chi connectivity index (χ1v) is 8.37. The first-order valence-electron chi connectivity index (χ1n) is 8.37. The maximum absolute atomic E-state index is 12.9. The third-order valence-electron chi connectivity index (χ3n) is 4.72. The zero-order chi connectivity index (χ0) is 16.1. The van der Waals surface area contributed by atoms with Gasteiger partial charge in [-0.3, -0.25) is 4.90 Å². The van der Waals surface area contributed by atoms with Crippen molar-refractivity contribution < 1.29 is 9.13 Å². The number of likely N-dealkylation sites (tertiary alicyclic amines) is 1. The molecule has 1 aliphatic heterocycles. The van der Waals surface area contributed by atoms with Crippen LogP contribution in [0.3, 0.4) is 0 Å². The number of ether oxygens (including phenoxy) is 1. The van der Waals surface area contributed by atoms with E-state index in [4.69, 9.17) is 4.74 Å². The lowest BCUT2D eigenvalue weighted by atomic mass is 9.86. The van der Waals surface area contributed by atoms with Crippen LogP contribution in [0.4, 0.5) is 4.39 Å². The Morgan fingerprint density at radius 2 is 1.91 bits per heavy atom. The molecule has 0 unspecified atom stereocenters. The Hall–Kier alpha value is -1.75. The third-order valence-corrected chi connectivity index (χ3v) is 4.72. The molecule has 0 bridgehead atoms. The van der Waals surface area contributed by atoms with Crippen LogP contribution in [0.25, 0.3) is 0 Å². The SMILES string of the molecule is C=CCC[C@H](CN1C[C@H]2CC=CC[C@H]2C1)Oc1ncc(F)cn1. The summed E-state index contributed by atoms with van der Waals surface area (Å²) < 4.78 is 18.8. The number of aromatic nitrogens is 2. The van der Waals surface area contributed by atoms with E-state index in [1.807, 2.05) is 6.08 Å². The summed E-state index contributed by atoms with van der Waals surface area (Å²) in [7, 11) is 0. The molecule has 4 nitrogen and oxygen atoms in total. The van der Waals surface area contributed by atoms with Crippen LogP contribution in [0.15, 0.2) is 37.2 Å². The summed E-state index contributed by atoms with van der Waals surface area (Å²) >= 11 is 0. The van der Waals surface area contributed by atoms with E-state index in [2.05, 4.69) is 33.6 Å². The lowest BCUT2D eigenvalue weighted by Crippen LogP contribution is -2.35. The third kappa shape index (κ3) is 4.38. The standard InChI is InChI=1S/C18H24FN3O/c1-2-3-8-17(23-18-20-9-16(19)10-21-18)13-22-11-14-6-4-5-7-15(14)12-22/h2,4-5,9-10,14-15,17H,1,3,6-8,11-13H2/t14-,15+,17-/m1/s1. The van der Waals surface area contributed by atoms with Gasteiger partial charge in [0.15, 0.2) is 5.82 Å². The molecule has 1 aliphatic carbocycles. The lowest BCUT2D eigenvalue weighted by Gasteiger charge is -2.23. The summed E-state index contributed by atoms with van der Waals surface area (Å²) in [6, 6.07) is 0.249. The van der Waals surface area contributed by atoms with Crippen LogP contribution in [-0.4, -0.2) is 40.6 Å². The molecule has 3 rings (SSSR count). The van der Waals surface area contributed by atoms with Crippen LogP contribution in [0.5, 0.6) is 6.01 Å². The van der Waals surface area contributed by atoms with E-state index >= 15 is 0 Å². The predicted octanol–water partition coefficient (Wildman–Crippen LogP) is 3.23. The van der Waals surface area contributed by atoms with Gasteiger partial charge >= 0.3 is 6.01 Å². The van der Waals surface area contributed by atoms with E-state index in [1.165, 1.54) is 12.8 Å². The van der Waals surface area contributed by atoms with Gasteiger partial charge in [-0.25, -0.2) is 14.4 Å². The van der Waals surface area contributed by atoms with Crippen molar-refractivity contribution in [3.63, 3.8) is 0 Å². The van der Waals surface area contributed by atoms with Crippen molar-refractivity contribution >= 4 is 0 Å². The highest BCUT2D eigenvalue weighted by Gasteiger charge is 2.33. The molecule has 5 heteroatoms. The summed E-state index contributed by atoms with van der Waals surface area (Å²) in [6.07, 6.45) is 12.9. The van der Waals surface area contributed by atoms with E-state index in [-0.39, 0.29) is 12.1 Å². The Balaban J connectivity index is 1.58. The van der Waals surface area contributed by atoms with Crippen molar-refractivity contribution in [3.05, 3.63) is 43.0 Å². The molecule has 0 N–H and O–H groups in total. The second-order valence-corrected chi connectivity index (χ2v) is 6.47. The zero-order valence-corrected chi connectivity index (χ0v) is 13.4. The normalized spacial score (nSPS) is 25.1. The molecule has 124 valence electrons. The van der Waals surface area contributed by atoms with Crippen molar-refractivity contribution in [2.45, 2.75) is 31.8 Å². The van der Waals surface area contributed by atoms with Crippen LogP contribution in [0, 0.1) is 17.7 Å². The van der Waals surface area contributed by atoms with Gasteiger partial charge in [0.1, 0.15) is 6.10 Å². The van der Waals surface area contributed by atoms with Gasteiger partial charge in [0.25, 0.3) is 0 Å². The average Bonchev–Trinajstić information content (AvgIpc) is 2.97. The van der Waals surface area contributed by atoms with E-state index in [9.17, 15) is 4.39 Å². The van der Waals surface area contributed by atoms with Crippen LogP contribution >= 0.6 is 0 Å². The molecule has 0 saturated carbocycles. The number of allylic oxidation sites excluding steroid dienone is 3. The van der Waals surface area contributed by atoms with Crippen molar-refractivity contribution in [1.82, 2.24) is 14.9 Å². The number of hydrogen-bond donors (Lipinski definition) is 0. The lowest BCUT2D eigenvalue weighted by molar-refractivity contribution is 0.125. The Morgan fingerprint density at radius 1 is 1.26 bits per heavy atom. The summed E-state index contributed by atoms with van der Waals surface area (Å²) in [6.45, 7) is 6.91. The fourth-order valence-electron chi connectivity index (χ4n) is 3.55. The summed E-state index contributed by atoms with van der Waals surface area (Å²) in [5, 5.41) is 0. The van der Waals surface area contributed by atoms with E-state index < -0.39 is 5.82 Å². The Bertz CT molecular complexity index is 530. The smallest absolute Gasteiger partial charge is 0.316 e. The van der Waals surface area contributed by atoms with Gasteiger partial charge < -0.3 is 4.74 Å². The Labute approximate surface area is 137 Å². The quantitative estimate of drug-likeness (QED) is 0.724. The number of nitrogens with zero attached hydrogens (tertiary/aromatic N) is 3. The summed E-state index contributed by atoms with van der Waals surface area (Å²) in [5.41, 5.74) is 0. The second-order valence-electron chi connectivity index (χ2n) is 6.47. The maximum Gasteiger partial charge on any atom is 0.316 e. The minimum Gasteiger partial charge on any atom is -0.459 e. The highest BCUT2D eigenvalue weighted by molar-refractivity contribution is 5.00. The molecule has 1 aromatic rings. The average molecular weight is 317 g/mol. The molecule has 1 saturated heterocycles. The van der Waals surface area contributed by atoms with Crippen LogP contribution in [0.1, 0.15) is 25.7 Å². The minimum absolute atomic E-state index is 0.00609. The summed E-state index contributed by atoms with van der Waals surface area (Å²) in [4.78, 5) is 10.3. The van der Waals surface area contributed by atoms with Gasteiger partial charge in [0.2, 0.25) is 0 Å². The van der Waals surface area contributed by atoms with Crippen molar-refractivity contribution in [2.24, 2.45) is 11.8 Å². The van der Waals surface area contributed by atoms with E-state index in [0.29, 0.717) is 0 Å². The van der Waals surface area contributed by atoms with E-state index in [0.717, 1.165) is 56.7 Å². The highest BCUT2D eigenvalue weighted by atomic mass is 19.1. The topological polar surface area (TPSA) is 38.2 Å². The van der Waals surface area contributed by atoms with Crippen LogP contribution < -0.4 is 4.74 Å². The first kappa shape index (κ1) is 16.1. The Morgan fingerprint density at radius 3 is 2.52 bits per heavy atom. The van der Waals surface area contributed by atoms with Crippen LogP contribution in [0.2, 0.25) is 0 Å². The molecular formula is C18H24FN3O. The number of fused-ring (bicyclic) bond motifs is 1. The fourth-order valence-corrected chi connectivity index (χ4v) is 3.55. The molecule has 1 aromatic heterocycles. The minimum atomic E-state index is -0.448. The number of halogens is 1. The molecular weight excluding hydrogens is 293 g/mol. The van der Waals surface area contributed by atoms with Crippen LogP contribution in [-0.2, 0) is 0 Å². The van der Waals surface area contributed by atoms with Gasteiger partial charge in [0, 0.05) is 19.6 Å². The first-order chi connectivity index (χ1) is 11.2. The van der Waals surface area contributed by atoms with Gasteiger partial charge in [0.05, 0.1) is 12.4 Å². The van der Waals surface area contributed by atoms with Gasteiger partial charge in [-0.15, -0.1) is 6.58 Å². The van der Waals surface area contributed by atoms with Gasteiger partial charge in [-0.1, -0.05) is 18.2 Å². The highest BCUT2D eigenvalue weighted by Crippen LogP contribution is 2.33. The Kier molecular flexibility index (Phi) is 5.39. The monoisotopic (exact) mass is 317 g/mol. The molecule has 3 atom stereocenters. The van der Waals surface area contributed by atoms with Crippen molar-refractivity contribution in [1.29, 1.82) is 0 Å². The van der Waals surface area contributed by atoms with Gasteiger partial charge in [-0.2, -0.15) is 0 Å².